The van der Waals surface area contributed by atoms with E-state index in [2.05, 4.69) is 42.3 Å². The lowest BCUT2D eigenvalue weighted by atomic mass is 10.0. The largest absolute Gasteiger partial charge is 0.470 e. The maximum atomic E-state index is 12.3. The highest BCUT2D eigenvalue weighted by molar-refractivity contribution is 5.93. The lowest BCUT2D eigenvalue weighted by molar-refractivity contribution is -0.141. The zero-order valence-corrected chi connectivity index (χ0v) is 24.9. The molecule has 0 spiro atoms. The van der Waals surface area contributed by atoms with E-state index in [-0.39, 0.29) is 11.3 Å². The predicted octanol–water partition coefficient (Wildman–Crippen LogP) is 6.40. The molecule has 1 aliphatic rings. The van der Waals surface area contributed by atoms with Crippen molar-refractivity contribution in [1.29, 1.82) is 5.26 Å². The SMILES string of the molecule is [C-]#[N+]/C(=C/C=C/N1CCN(/C=C/C=C(/C#N)C(=O)OCC(CC)CCCC)CC1)C(=O)OCC(CC)CCCC. The van der Waals surface area contributed by atoms with E-state index in [0.717, 1.165) is 77.5 Å². The normalized spacial score (nSPS) is 16.1. The van der Waals surface area contributed by atoms with Crippen molar-refractivity contribution < 1.29 is 19.1 Å². The Bertz CT molecular complexity index is 884. The zero-order chi connectivity index (χ0) is 29.6. The van der Waals surface area contributed by atoms with Crippen molar-refractivity contribution in [2.45, 2.75) is 79.1 Å². The number of allylic oxidation sites excluding steroid dienone is 4. The molecule has 0 aliphatic carbocycles. The minimum atomic E-state index is -0.575. The van der Waals surface area contributed by atoms with Crippen LogP contribution in [0.2, 0.25) is 0 Å². The molecule has 1 rings (SSSR count). The minimum absolute atomic E-state index is 0.00439. The average Bonchev–Trinajstić information content (AvgIpc) is 2.98. The van der Waals surface area contributed by atoms with Gasteiger partial charge in [0.1, 0.15) is 11.6 Å². The summed E-state index contributed by atoms with van der Waals surface area (Å²) in [5.74, 6) is -0.480. The van der Waals surface area contributed by atoms with Gasteiger partial charge in [-0.1, -0.05) is 72.3 Å². The molecule has 40 heavy (non-hydrogen) atoms. The molecular weight excluding hydrogens is 504 g/mol. The van der Waals surface area contributed by atoms with Gasteiger partial charge in [0.05, 0.1) is 19.8 Å². The van der Waals surface area contributed by atoms with Crippen molar-refractivity contribution in [3.63, 3.8) is 0 Å². The molecule has 220 valence electrons. The Balaban J connectivity index is 2.52. The van der Waals surface area contributed by atoms with Gasteiger partial charge in [0, 0.05) is 26.2 Å². The van der Waals surface area contributed by atoms with Gasteiger partial charge < -0.3 is 19.3 Å². The molecule has 0 amide bonds. The van der Waals surface area contributed by atoms with Gasteiger partial charge in [-0.2, -0.15) is 5.26 Å². The lowest BCUT2D eigenvalue weighted by Crippen LogP contribution is -2.41. The summed E-state index contributed by atoms with van der Waals surface area (Å²) in [6.45, 7) is 19.5. The highest BCUT2D eigenvalue weighted by atomic mass is 16.5. The van der Waals surface area contributed by atoms with Crippen molar-refractivity contribution in [3.05, 3.63) is 59.4 Å². The van der Waals surface area contributed by atoms with Crippen molar-refractivity contribution in [1.82, 2.24) is 9.80 Å². The Morgan fingerprint density at radius 3 is 1.75 bits per heavy atom. The number of rotatable bonds is 18. The fourth-order valence-corrected chi connectivity index (χ4v) is 4.19. The molecule has 0 saturated carbocycles. The maximum Gasteiger partial charge on any atom is 0.348 e. The predicted molar refractivity (Wildman–Crippen MR) is 158 cm³/mol. The third-order valence-electron chi connectivity index (χ3n) is 7.12. The number of esters is 2. The van der Waals surface area contributed by atoms with Crippen molar-refractivity contribution in [3.8, 4) is 6.07 Å². The monoisotopic (exact) mass is 552 g/mol. The first-order valence-corrected chi connectivity index (χ1v) is 14.8. The number of nitrogens with zero attached hydrogens (tertiary/aromatic N) is 4. The van der Waals surface area contributed by atoms with Crippen molar-refractivity contribution in [2.75, 3.05) is 39.4 Å². The molecule has 1 fully saturated rings. The molecule has 8 nitrogen and oxygen atoms in total. The number of unbranched alkanes of at least 4 members (excludes halogenated alkanes) is 2. The first-order chi connectivity index (χ1) is 19.4. The van der Waals surface area contributed by atoms with Crippen LogP contribution in [0.5, 0.6) is 0 Å². The van der Waals surface area contributed by atoms with Gasteiger partial charge in [-0.15, -0.1) is 0 Å². The number of hydrogen-bond acceptors (Lipinski definition) is 7. The highest BCUT2D eigenvalue weighted by Crippen LogP contribution is 2.15. The molecule has 2 atom stereocenters. The summed E-state index contributed by atoms with van der Waals surface area (Å²) in [4.78, 5) is 32.2. The van der Waals surface area contributed by atoms with E-state index in [4.69, 9.17) is 16.0 Å². The summed E-state index contributed by atoms with van der Waals surface area (Å²) in [6.07, 6.45) is 18.6. The Morgan fingerprint density at radius 2 is 1.32 bits per heavy atom. The molecule has 0 radical (unpaired) electrons. The van der Waals surface area contributed by atoms with Crippen LogP contribution in [0.1, 0.15) is 79.1 Å². The van der Waals surface area contributed by atoms with Gasteiger partial charge in [-0.05, 0) is 55.3 Å². The van der Waals surface area contributed by atoms with Gasteiger partial charge in [-0.3, -0.25) is 4.79 Å². The van der Waals surface area contributed by atoms with E-state index < -0.39 is 11.9 Å². The van der Waals surface area contributed by atoms with Gasteiger partial charge >= 0.3 is 11.9 Å². The van der Waals surface area contributed by atoms with Crippen LogP contribution in [0.15, 0.2) is 48.0 Å². The molecule has 0 bridgehead atoms. The molecule has 1 heterocycles. The number of ether oxygens (including phenoxy) is 2. The second-order valence-electron chi connectivity index (χ2n) is 10.1. The van der Waals surface area contributed by atoms with Crippen LogP contribution in [0.3, 0.4) is 0 Å². The van der Waals surface area contributed by atoms with E-state index >= 15 is 0 Å². The summed E-state index contributed by atoms with van der Waals surface area (Å²) in [5.41, 5.74) is -0.0248. The van der Waals surface area contributed by atoms with Crippen LogP contribution in [0.4, 0.5) is 0 Å². The highest BCUT2D eigenvalue weighted by Gasteiger charge is 2.16. The van der Waals surface area contributed by atoms with Crippen LogP contribution in [-0.4, -0.2) is 61.1 Å². The zero-order valence-electron chi connectivity index (χ0n) is 24.9. The molecule has 0 aromatic rings. The first-order valence-electron chi connectivity index (χ1n) is 14.8. The topological polar surface area (TPSA) is 87.2 Å². The van der Waals surface area contributed by atoms with Crippen LogP contribution >= 0.6 is 0 Å². The van der Waals surface area contributed by atoms with Crippen LogP contribution in [0.25, 0.3) is 4.85 Å². The molecule has 1 saturated heterocycles. The van der Waals surface area contributed by atoms with Crippen LogP contribution in [-0.2, 0) is 19.1 Å². The molecule has 0 aromatic heterocycles. The third-order valence-corrected chi connectivity index (χ3v) is 7.12. The Morgan fingerprint density at radius 1 is 0.850 bits per heavy atom. The van der Waals surface area contributed by atoms with Gasteiger partial charge in [0.25, 0.3) is 5.70 Å². The van der Waals surface area contributed by atoms with Gasteiger partial charge in [-0.25, -0.2) is 9.64 Å². The minimum Gasteiger partial charge on any atom is -0.470 e. The van der Waals surface area contributed by atoms with E-state index in [1.54, 1.807) is 12.2 Å². The fourth-order valence-electron chi connectivity index (χ4n) is 4.19. The lowest BCUT2D eigenvalue weighted by Gasteiger charge is -2.33. The summed E-state index contributed by atoms with van der Waals surface area (Å²) in [5, 5.41) is 9.37. The average molecular weight is 553 g/mol. The van der Waals surface area contributed by atoms with Gasteiger partial charge in [0.15, 0.2) is 0 Å². The van der Waals surface area contributed by atoms with Crippen LogP contribution in [0, 0.1) is 29.7 Å². The molecule has 2 unspecified atom stereocenters. The Hall–Kier alpha value is -3.52. The smallest absolute Gasteiger partial charge is 0.348 e. The Labute approximate surface area is 241 Å². The second kappa shape index (κ2) is 21.3. The number of nitriles is 1. The standard InChI is InChI=1S/C32H48N4O4/c1-6-10-14-27(8-3)25-39-31(37)29(24-33)16-12-18-35-20-22-36(23-21-35)19-13-17-30(34-5)32(38)40-26-28(9-4)15-11-7-2/h12-13,16-19,27-28H,6-11,14-15,20-23,25-26H2,1-4H3/b18-12+,19-13+,29-16-,30-17+. The summed E-state index contributed by atoms with van der Waals surface area (Å²) < 4.78 is 10.8. The number of carbonyl (C=O) groups excluding carboxylic acids is 2. The third kappa shape index (κ3) is 14.0. The van der Waals surface area contributed by atoms with Crippen molar-refractivity contribution >= 4 is 11.9 Å². The fraction of sp³-hybridized carbons (Fsp3) is 0.625. The number of piperazine rings is 1. The summed E-state index contributed by atoms with van der Waals surface area (Å²) >= 11 is 0. The van der Waals surface area contributed by atoms with Gasteiger partial charge in [0.2, 0.25) is 0 Å². The summed E-state index contributed by atoms with van der Waals surface area (Å²) in [6, 6.07) is 1.94. The Kier molecular flexibility index (Phi) is 18.4. The van der Waals surface area contributed by atoms with Crippen molar-refractivity contribution in [2.24, 2.45) is 11.8 Å². The molecule has 1 aliphatic heterocycles. The molecule has 8 heteroatoms. The van der Waals surface area contributed by atoms with Crippen LogP contribution < -0.4 is 0 Å². The molecular formula is C32H48N4O4. The van der Waals surface area contributed by atoms with E-state index in [1.165, 1.54) is 12.2 Å². The number of hydrogen-bond donors (Lipinski definition) is 0. The maximum absolute atomic E-state index is 12.3. The first kappa shape index (κ1) is 34.5. The van der Waals surface area contributed by atoms with E-state index in [9.17, 15) is 14.9 Å². The number of carbonyl (C=O) groups is 2. The van der Waals surface area contributed by atoms with E-state index in [1.807, 2.05) is 18.5 Å². The summed E-state index contributed by atoms with van der Waals surface area (Å²) in [7, 11) is 0. The van der Waals surface area contributed by atoms with E-state index in [0.29, 0.717) is 25.0 Å². The molecule has 0 N–H and O–H groups in total. The quantitative estimate of drug-likeness (QED) is 0.0639. The molecule has 0 aromatic carbocycles. The second-order valence-corrected chi connectivity index (χ2v) is 10.1.